The molecule has 3 aromatic rings. The smallest absolute Gasteiger partial charge is 0.251 e. The molecule has 8 heteroatoms. The van der Waals surface area contributed by atoms with Crippen molar-refractivity contribution in [2.45, 2.75) is 24.4 Å². The summed E-state index contributed by atoms with van der Waals surface area (Å²) in [7, 11) is 0. The minimum absolute atomic E-state index is 0.144. The van der Waals surface area contributed by atoms with Crippen molar-refractivity contribution in [1.82, 2.24) is 25.5 Å². The van der Waals surface area contributed by atoms with Crippen molar-refractivity contribution in [3.63, 3.8) is 0 Å². The van der Waals surface area contributed by atoms with Crippen LogP contribution in [0, 0.1) is 0 Å². The number of aromatic nitrogens is 4. The summed E-state index contributed by atoms with van der Waals surface area (Å²) < 4.78 is 1.65. The first kappa shape index (κ1) is 18.2. The predicted octanol–water partition coefficient (Wildman–Crippen LogP) is 3.00. The van der Waals surface area contributed by atoms with Crippen molar-refractivity contribution in [2.75, 3.05) is 11.6 Å². The van der Waals surface area contributed by atoms with Crippen LogP contribution < -0.4 is 10.6 Å². The maximum atomic E-state index is 13.1. The number of carbonyl (C=O) groups is 1. The summed E-state index contributed by atoms with van der Waals surface area (Å²) in [4.78, 5) is 14.3. The molecule has 0 unspecified atom stereocenters. The van der Waals surface area contributed by atoms with Gasteiger partial charge >= 0.3 is 0 Å². The van der Waals surface area contributed by atoms with Crippen molar-refractivity contribution >= 4 is 23.6 Å². The van der Waals surface area contributed by atoms with Gasteiger partial charge in [0.1, 0.15) is 6.04 Å². The van der Waals surface area contributed by atoms with Crippen molar-refractivity contribution in [1.29, 1.82) is 0 Å². The van der Waals surface area contributed by atoms with Crippen LogP contribution in [0.5, 0.6) is 0 Å². The molecule has 1 aliphatic heterocycles. The minimum atomic E-state index is -0.391. The van der Waals surface area contributed by atoms with E-state index in [2.05, 4.69) is 26.2 Å². The van der Waals surface area contributed by atoms with Crippen LogP contribution in [0.25, 0.3) is 0 Å². The summed E-state index contributed by atoms with van der Waals surface area (Å²) in [5, 5.41) is 18.1. The molecular formula is C20H20N6OS. The van der Waals surface area contributed by atoms with Gasteiger partial charge < -0.3 is 10.6 Å². The van der Waals surface area contributed by atoms with E-state index in [1.807, 2.05) is 67.8 Å². The number of tetrazole rings is 1. The number of nitrogens with zero attached hydrogens (tertiary/aromatic N) is 4. The van der Waals surface area contributed by atoms with Gasteiger partial charge in [-0.05, 0) is 46.9 Å². The van der Waals surface area contributed by atoms with Crippen LogP contribution in [0.1, 0.15) is 24.1 Å². The highest BCUT2D eigenvalue weighted by molar-refractivity contribution is 7.98. The molecule has 1 aliphatic rings. The number of hydrogen-bond acceptors (Lipinski definition) is 6. The molecule has 28 heavy (non-hydrogen) atoms. The summed E-state index contributed by atoms with van der Waals surface area (Å²) in [5.74, 6) is 0.380. The molecular weight excluding hydrogens is 372 g/mol. The first-order chi connectivity index (χ1) is 13.7. The van der Waals surface area contributed by atoms with Gasteiger partial charge in [-0.1, -0.05) is 47.6 Å². The Morgan fingerprint density at radius 3 is 2.64 bits per heavy atom. The van der Waals surface area contributed by atoms with Gasteiger partial charge in [-0.2, -0.15) is 4.68 Å². The number of anilines is 1. The lowest BCUT2D eigenvalue weighted by Crippen LogP contribution is -2.34. The second-order valence-electron chi connectivity index (χ2n) is 6.45. The molecule has 2 N–H and O–H groups in total. The maximum absolute atomic E-state index is 13.1. The van der Waals surface area contributed by atoms with E-state index < -0.39 is 6.04 Å². The highest BCUT2D eigenvalue weighted by Gasteiger charge is 2.33. The van der Waals surface area contributed by atoms with Crippen molar-refractivity contribution < 1.29 is 4.79 Å². The Hall–Kier alpha value is -3.13. The van der Waals surface area contributed by atoms with E-state index in [1.54, 1.807) is 16.4 Å². The normalized spacial score (nSPS) is 15.7. The van der Waals surface area contributed by atoms with Crippen LogP contribution in [0.4, 0.5) is 5.95 Å². The molecule has 4 rings (SSSR count). The highest BCUT2D eigenvalue weighted by Crippen LogP contribution is 2.34. The standard InChI is InChI=1S/C20H20N6OS/c1-13-17(19(27)21-12-14-6-4-3-5-7-14)18(26-20(22-13)23-24-25-26)15-8-10-16(28-2)11-9-15/h3-11,18H,12H2,1-2H3,(H,21,27)(H,22,23,25)/t18-/m0/s1. The fraction of sp³-hybridized carbons (Fsp3) is 0.200. The monoisotopic (exact) mass is 392 g/mol. The number of hydrogen-bond donors (Lipinski definition) is 2. The molecule has 2 aromatic carbocycles. The lowest BCUT2D eigenvalue weighted by atomic mass is 9.95. The van der Waals surface area contributed by atoms with Crippen LogP contribution in [0.15, 0.2) is 70.8 Å². The Kier molecular flexibility index (Phi) is 5.12. The number of benzene rings is 2. The molecule has 0 fully saturated rings. The number of rotatable bonds is 5. The number of allylic oxidation sites excluding steroid dienone is 1. The van der Waals surface area contributed by atoms with Crippen molar-refractivity contribution in [2.24, 2.45) is 0 Å². The first-order valence-electron chi connectivity index (χ1n) is 8.89. The number of fused-ring (bicyclic) bond motifs is 1. The van der Waals surface area contributed by atoms with Gasteiger partial charge in [0.25, 0.3) is 5.91 Å². The summed E-state index contributed by atoms with van der Waals surface area (Å²) in [6, 6.07) is 17.6. The minimum Gasteiger partial charge on any atom is -0.348 e. The van der Waals surface area contributed by atoms with Crippen molar-refractivity contribution in [3.8, 4) is 0 Å². The molecule has 142 valence electrons. The summed E-state index contributed by atoms with van der Waals surface area (Å²) in [6.07, 6.45) is 2.03. The van der Waals surface area contributed by atoms with E-state index in [0.717, 1.165) is 21.7 Å². The summed E-state index contributed by atoms with van der Waals surface area (Å²) in [5.41, 5.74) is 3.35. The first-order valence-corrected chi connectivity index (χ1v) is 10.1. The summed E-state index contributed by atoms with van der Waals surface area (Å²) in [6.45, 7) is 2.33. The SMILES string of the molecule is CSc1ccc([C@H]2C(C(=O)NCc3ccccc3)=C(C)Nc3nnnn32)cc1. The highest BCUT2D eigenvalue weighted by atomic mass is 32.2. The average Bonchev–Trinajstić information content (AvgIpc) is 3.20. The van der Waals surface area contributed by atoms with Gasteiger partial charge in [0, 0.05) is 17.1 Å². The Balaban J connectivity index is 1.67. The zero-order valence-electron chi connectivity index (χ0n) is 15.6. The molecule has 0 aliphatic carbocycles. The van der Waals surface area contributed by atoms with Crippen LogP contribution in [-0.2, 0) is 11.3 Å². The number of carbonyl (C=O) groups excluding carboxylic acids is 1. The second-order valence-corrected chi connectivity index (χ2v) is 7.33. The third-order valence-electron chi connectivity index (χ3n) is 4.69. The van der Waals surface area contributed by atoms with E-state index in [-0.39, 0.29) is 5.91 Å². The van der Waals surface area contributed by atoms with E-state index in [9.17, 15) is 4.79 Å². The van der Waals surface area contributed by atoms with Crippen LogP contribution >= 0.6 is 11.8 Å². The van der Waals surface area contributed by atoms with E-state index in [4.69, 9.17) is 0 Å². The molecule has 1 aromatic heterocycles. The fourth-order valence-corrected chi connectivity index (χ4v) is 3.68. The Morgan fingerprint density at radius 2 is 1.93 bits per heavy atom. The van der Waals surface area contributed by atoms with Gasteiger partial charge in [-0.3, -0.25) is 4.79 Å². The van der Waals surface area contributed by atoms with Crippen molar-refractivity contribution in [3.05, 3.63) is 77.0 Å². The van der Waals surface area contributed by atoms with Gasteiger partial charge in [-0.25, -0.2) is 0 Å². The molecule has 0 radical (unpaired) electrons. The zero-order valence-corrected chi connectivity index (χ0v) is 16.4. The number of thioether (sulfide) groups is 1. The Labute approximate surface area is 167 Å². The summed E-state index contributed by atoms with van der Waals surface area (Å²) >= 11 is 1.67. The van der Waals surface area contributed by atoms with Gasteiger partial charge in [0.05, 0.1) is 5.57 Å². The largest absolute Gasteiger partial charge is 0.348 e. The van der Waals surface area contributed by atoms with Crippen LogP contribution in [0.2, 0.25) is 0 Å². The number of nitrogens with one attached hydrogen (secondary N) is 2. The van der Waals surface area contributed by atoms with Gasteiger partial charge in [0.15, 0.2) is 0 Å². The quantitative estimate of drug-likeness (QED) is 0.650. The molecule has 0 spiro atoms. The molecule has 0 saturated heterocycles. The third kappa shape index (κ3) is 3.50. The zero-order chi connectivity index (χ0) is 19.5. The lowest BCUT2D eigenvalue weighted by molar-refractivity contribution is -0.118. The lowest BCUT2D eigenvalue weighted by Gasteiger charge is -2.28. The number of amides is 1. The Morgan fingerprint density at radius 1 is 1.18 bits per heavy atom. The molecule has 0 saturated carbocycles. The van der Waals surface area contributed by atoms with Crippen LogP contribution in [0.3, 0.4) is 0 Å². The topological polar surface area (TPSA) is 84.7 Å². The van der Waals surface area contributed by atoms with Gasteiger partial charge in [-0.15, -0.1) is 11.8 Å². The third-order valence-corrected chi connectivity index (χ3v) is 5.43. The average molecular weight is 392 g/mol. The van der Waals surface area contributed by atoms with E-state index >= 15 is 0 Å². The molecule has 7 nitrogen and oxygen atoms in total. The molecule has 2 heterocycles. The molecule has 1 amide bonds. The predicted molar refractivity (Wildman–Crippen MR) is 109 cm³/mol. The molecule has 0 bridgehead atoms. The Bertz CT molecular complexity index is 1010. The second kappa shape index (κ2) is 7.85. The van der Waals surface area contributed by atoms with E-state index in [0.29, 0.717) is 18.1 Å². The maximum Gasteiger partial charge on any atom is 0.251 e. The fourth-order valence-electron chi connectivity index (χ4n) is 3.27. The van der Waals surface area contributed by atoms with E-state index in [1.165, 1.54) is 0 Å². The van der Waals surface area contributed by atoms with Gasteiger partial charge in [0.2, 0.25) is 5.95 Å². The van der Waals surface area contributed by atoms with Crippen LogP contribution in [-0.4, -0.2) is 32.4 Å². The molecule has 1 atom stereocenters.